The third-order valence-corrected chi connectivity index (χ3v) is 3.16. The summed E-state index contributed by atoms with van der Waals surface area (Å²) in [6.45, 7) is 3.77. The highest BCUT2D eigenvalue weighted by Gasteiger charge is 2.11. The van der Waals surface area contributed by atoms with Crippen molar-refractivity contribution in [3.05, 3.63) is 44.7 Å². The number of aromatic amines is 1. The van der Waals surface area contributed by atoms with Gasteiger partial charge in [-0.2, -0.15) is 4.98 Å². The van der Waals surface area contributed by atoms with E-state index in [0.717, 1.165) is 6.07 Å². The maximum absolute atomic E-state index is 13.5. The average Bonchev–Trinajstić information content (AvgIpc) is 2.35. The van der Waals surface area contributed by atoms with Crippen LogP contribution in [0.3, 0.4) is 0 Å². The lowest BCUT2D eigenvalue weighted by molar-refractivity contribution is 0.453. The van der Waals surface area contributed by atoms with Gasteiger partial charge in [-0.15, -0.1) is 0 Å². The molecule has 0 radical (unpaired) electrons. The first-order chi connectivity index (χ1) is 9.36. The van der Waals surface area contributed by atoms with Crippen LogP contribution < -0.4 is 16.0 Å². The fourth-order valence-electron chi connectivity index (χ4n) is 1.52. The molecule has 0 bridgehead atoms. The predicted octanol–water partition coefficient (Wildman–Crippen LogP) is 3.17. The van der Waals surface area contributed by atoms with Gasteiger partial charge in [0.2, 0.25) is 5.88 Å². The van der Waals surface area contributed by atoms with Crippen LogP contribution in [-0.2, 0) is 0 Å². The summed E-state index contributed by atoms with van der Waals surface area (Å²) in [5.74, 6) is 0.196. The smallest absolute Gasteiger partial charge is 0.254 e. The van der Waals surface area contributed by atoms with Crippen molar-refractivity contribution in [1.82, 2.24) is 9.97 Å². The first-order valence-electron chi connectivity index (χ1n) is 5.90. The van der Waals surface area contributed by atoms with Crippen LogP contribution in [0.5, 0.6) is 11.6 Å². The summed E-state index contributed by atoms with van der Waals surface area (Å²) in [6, 6.07) is 3.71. The molecular weight excluding hydrogens is 329 g/mol. The minimum atomic E-state index is -0.511. The highest BCUT2D eigenvalue weighted by atomic mass is 79.9. The monoisotopic (exact) mass is 341 g/mol. The van der Waals surface area contributed by atoms with Crippen molar-refractivity contribution in [3.8, 4) is 11.6 Å². The molecule has 3 N–H and O–H groups in total. The molecule has 0 saturated heterocycles. The second-order valence-electron chi connectivity index (χ2n) is 4.53. The molecule has 0 atom stereocenters. The van der Waals surface area contributed by atoms with Gasteiger partial charge >= 0.3 is 0 Å². The lowest BCUT2D eigenvalue weighted by Crippen LogP contribution is -2.12. The van der Waals surface area contributed by atoms with Gasteiger partial charge in [-0.1, -0.05) is 13.8 Å². The van der Waals surface area contributed by atoms with E-state index in [2.05, 4.69) is 25.9 Å². The van der Waals surface area contributed by atoms with Crippen molar-refractivity contribution in [2.75, 3.05) is 5.73 Å². The molecule has 0 aliphatic heterocycles. The van der Waals surface area contributed by atoms with Gasteiger partial charge in [-0.25, -0.2) is 4.39 Å². The van der Waals surface area contributed by atoms with E-state index < -0.39 is 5.82 Å². The van der Waals surface area contributed by atoms with Crippen LogP contribution in [0.25, 0.3) is 0 Å². The normalized spacial score (nSPS) is 10.8. The summed E-state index contributed by atoms with van der Waals surface area (Å²) in [7, 11) is 0. The Morgan fingerprint density at radius 3 is 2.75 bits per heavy atom. The Balaban J connectivity index is 2.40. The van der Waals surface area contributed by atoms with E-state index in [9.17, 15) is 9.18 Å². The van der Waals surface area contributed by atoms with Crippen molar-refractivity contribution in [2.24, 2.45) is 0 Å². The van der Waals surface area contributed by atoms with Gasteiger partial charge in [-0.05, 0) is 22.0 Å². The minimum Gasteiger partial charge on any atom is -0.436 e. The number of aromatic nitrogens is 2. The molecule has 0 amide bonds. The van der Waals surface area contributed by atoms with Crippen LogP contribution in [-0.4, -0.2) is 9.97 Å². The fourth-order valence-corrected chi connectivity index (χ4v) is 1.89. The van der Waals surface area contributed by atoms with Crippen molar-refractivity contribution in [3.63, 3.8) is 0 Å². The zero-order valence-corrected chi connectivity index (χ0v) is 12.5. The van der Waals surface area contributed by atoms with E-state index in [0.29, 0.717) is 5.82 Å². The summed E-state index contributed by atoms with van der Waals surface area (Å²) < 4.78 is 19.1. The number of halogens is 2. The van der Waals surface area contributed by atoms with Gasteiger partial charge < -0.3 is 15.5 Å². The number of hydrogen-bond acceptors (Lipinski definition) is 4. The molecule has 20 heavy (non-hydrogen) atoms. The van der Waals surface area contributed by atoms with Gasteiger partial charge in [0.25, 0.3) is 5.56 Å². The molecule has 2 rings (SSSR count). The van der Waals surface area contributed by atoms with Crippen molar-refractivity contribution >= 4 is 21.6 Å². The number of nitrogens with two attached hydrogens (primary N) is 1. The molecule has 2 aromatic rings. The van der Waals surface area contributed by atoms with Crippen LogP contribution in [0.1, 0.15) is 25.6 Å². The summed E-state index contributed by atoms with van der Waals surface area (Å²) in [5, 5.41) is 0. The molecule has 1 aromatic carbocycles. The SMILES string of the molecule is CC(C)c1nc(Oc2cc(F)c(Br)cc2N)cc(=O)[nH]1. The van der Waals surface area contributed by atoms with Gasteiger partial charge in [0.15, 0.2) is 5.75 Å². The van der Waals surface area contributed by atoms with Gasteiger partial charge in [0.1, 0.15) is 11.6 Å². The number of nitrogens with zero attached hydrogens (tertiary/aromatic N) is 1. The fraction of sp³-hybridized carbons (Fsp3) is 0.231. The van der Waals surface area contributed by atoms with E-state index in [1.54, 1.807) is 0 Å². The third-order valence-electron chi connectivity index (χ3n) is 2.55. The summed E-state index contributed by atoms with van der Waals surface area (Å²) in [4.78, 5) is 18.3. The number of ether oxygens (including phenoxy) is 1. The molecule has 0 fully saturated rings. The zero-order valence-electron chi connectivity index (χ0n) is 10.9. The quantitative estimate of drug-likeness (QED) is 0.840. The van der Waals surface area contributed by atoms with Gasteiger partial charge in [0.05, 0.1) is 16.2 Å². The Labute approximate surface area is 123 Å². The van der Waals surface area contributed by atoms with Crippen LogP contribution >= 0.6 is 15.9 Å². The second-order valence-corrected chi connectivity index (χ2v) is 5.38. The average molecular weight is 342 g/mol. The number of rotatable bonds is 3. The predicted molar refractivity (Wildman–Crippen MR) is 77.5 cm³/mol. The van der Waals surface area contributed by atoms with E-state index in [1.165, 1.54) is 12.1 Å². The number of nitrogens with one attached hydrogen (secondary N) is 1. The first-order valence-corrected chi connectivity index (χ1v) is 6.69. The van der Waals surface area contributed by atoms with Gasteiger partial charge in [-0.3, -0.25) is 4.79 Å². The Hall–Kier alpha value is -1.89. The van der Waals surface area contributed by atoms with Crippen LogP contribution in [0, 0.1) is 5.82 Å². The number of benzene rings is 1. The number of hydrogen-bond donors (Lipinski definition) is 2. The molecule has 1 aromatic heterocycles. The molecule has 0 spiro atoms. The van der Waals surface area contributed by atoms with Crippen LogP contribution in [0.2, 0.25) is 0 Å². The Kier molecular flexibility index (Phi) is 4.08. The summed E-state index contributed by atoms with van der Waals surface area (Å²) in [5.41, 5.74) is 5.64. The third kappa shape index (κ3) is 3.16. The zero-order chi connectivity index (χ0) is 14.9. The molecule has 1 heterocycles. The maximum atomic E-state index is 13.5. The van der Waals surface area contributed by atoms with Crippen LogP contribution in [0.4, 0.5) is 10.1 Å². The molecule has 106 valence electrons. The molecule has 7 heteroatoms. The molecule has 0 aliphatic carbocycles. The number of anilines is 1. The summed E-state index contributed by atoms with van der Waals surface area (Å²) >= 11 is 3.03. The molecule has 0 unspecified atom stereocenters. The minimum absolute atomic E-state index is 0.0326. The van der Waals surface area contributed by atoms with Crippen LogP contribution in [0.15, 0.2) is 27.5 Å². The standard InChI is InChI=1S/C13H13BrFN3O2/c1-6(2)13-17-11(19)5-12(18-13)20-10-4-8(15)7(14)3-9(10)16/h3-6H,16H2,1-2H3,(H,17,18,19). The number of nitrogen functional groups attached to an aromatic ring is 1. The van der Waals surface area contributed by atoms with E-state index in [4.69, 9.17) is 10.5 Å². The Morgan fingerprint density at radius 2 is 2.10 bits per heavy atom. The lowest BCUT2D eigenvalue weighted by Gasteiger charge is -2.10. The molecule has 5 nitrogen and oxygen atoms in total. The Morgan fingerprint density at radius 1 is 1.40 bits per heavy atom. The van der Waals surface area contributed by atoms with E-state index in [1.807, 2.05) is 13.8 Å². The van der Waals surface area contributed by atoms with Crippen molar-refractivity contribution in [1.29, 1.82) is 0 Å². The van der Waals surface area contributed by atoms with E-state index in [-0.39, 0.29) is 33.3 Å². The van der Waals surface area contributed by atoms with Crippen molar-refractivity contribution in [2.45, 2.75) is 19.8 Å². The Bertz CT molecular complexity index is 701. The first kappa shape index (κ1) is 14.5. The lowest BCUT2D eigenvalue weighted by atomic mass is 10.2. The highest BCUT2D eigenvalue weighted by Crippen LogP contribution is 2.31. The van der Waals surface area contributed by atoms with Gasteiger partial charge in [0, 0.05) is 12.0 Å². The highest BCUT2D eigenvalue weighted by molar-refractivity contribution is 9.10. The van der Waals surface area contributed by atoms with Crippen molar-refractivity contribution < 1.29 is 9.13 Å². The summed E-state index contributed by atoms with van der Waals surface area (Å²) in [6.07, 6.45) is 0. The molecule has 0 aliphatic rings. The van der Waals surface area contributed by atoms with E-state index >= 15 is 0 Å². The largest absolute Gasteiger partial charge is 0.436 e. The molecule has 0 saturated carbocycles. The second kappa shape index (κ2) is 5.62. The maximum Gasteiger partial charge on any atom is 0.254 e. The topological polar surface area (TPSA) is 81.0 Å². The number of H-pyrrole nitrogens is 1. The molecular formula is C13H13BrFN3O2.